The van der Waals surface area contributed by atoms with E-state index < -0.39 is 0 Å². The zero-order valence-electron chi connectivity index (χ0n) is 11.8. The minimum atomic E-state index is 0.0184. The molecule has 0 bridgehead atoms. The fraction of sp³-hybridized carbons (Fsp3) is 0.533. The zero-order chi connectivity index (χ0) is 14.5. The first-order chi connectivity index (χ1) is 9.60. The Labute approximate surface area is 128 Å². The van der Waals surface area contributed by atoms with Crippen molar-refractivity contribution in [3.8, 4) is 0 Å². The van der Waals surface area contributed by atoms with Gasteiger partial charge in [0.2, 0.25) is 5.91 Å². The highest BCUT2D eigenvalue weighted by molar-refractivity contribution is 9.10. The first kappa shape index (κ1) is 15.5. The van der Waals surface area contributed by atoms with Gasteiger partial charge in [-0.25, -0.2) is 0 Å². The molecule has 0 saturated carbocycles. The molecule has 1 fully saturated rings. The topological polar surface area (TPSA) is 58.4 Å². The number of piperidine rings is 1. The molecule has 1 aromatic carbocycles. The van der Waals surface area contributed by atoms with Crippen LogP contribution in [0.1, 0.15) is 19.8 Å². The Balaban J connectivity index is 1.92. The van der Waals surface area contributed by atoms with Crippen molar-refractivity contribution in [2.75, 3.05) is 25.0 Å². The molecule has 0 spiro atoms. The van der Waals surface area contributed by atoms with Crippen molar-refractivity contribution in [3.05, 3.63) is 28.7 Å². The number of carbonyl (C=O) groups excluding carboxylic acids is 1. The number of carbonyl (C=O) groups is 1. The van der Waals surface area contributed by atoms with Crippen LogP contribution in [0.4, 0.5) is 5.69 Å². The van der Waals surface area contributed by atoms with Crippen LogP contribution in [0.2, 0.25) is 0 Å². The van der Waals surface area contributed by atoms with E-state index in [4.69, 9.17) is 5.73 Å². The van der Waals surface area contributed by atoms with Crippen LogP contribution in [0, 0.1) is 5.92 Å². The molecule has 1 heterocycles. The molecule has 4 nitrogen and oxygen atoms in total. The molecule has 2 unspecified atom stereocenters. The third-order valence-corrected chi connectivity index (χ3v) is 4.56. The molecule has 2 atom stereocenters. The molecular formula is C15H22BrN3O. The number of nitrogens with one attached hydrogen (secondary N) is 1. The summed E-state index contributed by atoms with van der Waals surface area (Å²) in [6, 6.07) is 7.97. The smallest absolute Gasteiger partial charge is 0.238 e. The van der Waals surface area contributed by atoms with E-state index >= 15 is 0 Å². The maximum absolute atomic E-state index is 12.2. The zero-order valence-corrected chi connectivity index (χ0v) is 13.4. The maximum Gasteiger partial charge on any atom is 0.238 e. The fourth-order valence-corrected chi connectivity index (χ4v) is 3.07. The van der Waals surface area contributed by atoms with E-state index in [1.165, 1.54) is 0 Å². The molecule has 1 saturated heterocycles. The van der Waals surface area contributed by atoms with E-state index in [2.05, 4.69) is 33.1 Å². The second-order valence-electron chi connectivity index (χ2n) is 5.52. The molecule has 1 aliphatic heterocycles. The first-order valence-electron chi connectivity index (χ1n) is 7.08. The number of rotatable bonds is 4. The Hall–Kier alpha value is -0.910. The molecule has 1 aromatic rings. The molecule has 1 amide bonds. The Morgan fingerprint density at radius 2 is 2.25 bits per heavy atom. The molecule has 3 N–H and O–H groups in total. The van der Waals surface area contributed by atoms with Crippen molar-refractivity contribution >= 4 is 27.5 Å². The number of nitrogens with zero attached hydrogens (tertiary/aromatic N) is 1. The SMILES string of the molecule is CC1CCN(CC(=O)Nc2ccccc2Br)C(CN)C1. The van der Waals surface area contributed by atoms with Gasteiger partial charge in [-0.05, 0) is 53.4 Å². The highest BCUT2D eigenvalue weighted by Crippen LogP contribution is 2.23. The lowest BCUT2D eigenvalue weighted by Crippen LogP contribution is -2.49. The summed E-state index contributed by atoms with van der Waals surface area (Å²) in [4.78, 5) is 14.4. The molecule has 1 aliphatic rings. The predicted octanol–water partition coefficient (Wildman–Crippen LogP) is 2.45. The number of halogens is 1. The van der Waals surface area contributed by atoms with E-state index in [9.17, 15) is 4.79 Å². The van der Waals surface area contributed by atoms with Gasteiger partial charge in [-0.2, -0.15) is 0 Å². The van der Waals surface area contributed by atoms with Crippen LogP contribution in [-0.2, 0) is 4.79 Å². The summed E-state index contributed by atoms with van der Waals surface area (Å²) in [7, 11) is 0. The molecule has 110 valence electrons. The van der Waals surface area contributed by atoms with Crippen LogP contribution in [0.3, 0.4) is 0 Å². The average Bonchev–Trinajstić information content (AvgIpc) is 2.43. The van der Waals surface area contributed by atoms with Crippen LogP contribution in [0.15, 0.2) is 28.7 Å². The van der Waals surface area contributed by atoms with Gasteiger partial charge in [-0.1, -0.05) is 19.1 Å². The van der Waals surface area contributed by atoms with Gasteiger partial charge < -0.3 is 11.1 Å². The third-order valence-electron chi connectivity index (χ3n) is 3.87. The second kappa shape index (κ2) is 7.20. The number of amides is 1. The molecule has 0 radical (unpaired) electrons. The lowest BCUT2D eigenvalue weighted by atomic mass is 9.92. The van der Waals surface area contributed by atoms with E-state index in [1.807, 2.05) is 24.3 Å². The second-order valence-corrected chi connectivity index (χ2v) is 6.37. The van der Waals surface area contributed by atoms with E-state index in [-0.39, 0.29) is 5.91 Å². The number of hydrogen-bond donors (Lipinski definition) is 2. The fourth-order valence-electron chi connectivity index (χ4n) is 2.69. The van der Waals surface area contributed by atoms with Gasteiger partial charge in [0.05, 0.1) is 12.2 Å². The minimum Gasteiger partial charge on any atom is -0.329 e. The van der Waals surface area contributed by atoms with Crippen LogP contribution in [0.5, 0.6) is 0 Å². The maximum atomic E-state index is 12.2. The van der Waals surface area contributed by atoms with Crippen molar-refractivity contribution in [2.45, 2.75) is 25.8 Å². The van der Waals surface area contributed by atoms with Crippen molar-refractivity contribution in [1.82, 2.24) is 4.90 Å². The summed E-state index contributed by atoms with van der Waals surface area (Å²) in [5, 5.41) is 2.95. The molecule has 5 heteroatoms. The summed E-state index contributed by atoms with van der Waals surface area (Å²) < 4.78 is 0.899. The number of para-hydroxylation sites is 1. The van der Waals surface area contributed by atoms with Crippen molar-refractivity contribution in [1.29, 1.82) is 0 Å². The normalized spacial score (nSPS) is 23.6. The third kappa shape index (κ3) is 4.04. The summed E-state index contributed by atoms with van der Waals surface area (Å²) >= 11 is 3.44. The largest absolute Gasteiger partial charge is 0.329 e. The Morgan fingerprint density at radius 3 is 2.95 bits per heavy atom. The van der Waals surface area contributed by atoms with Crippen LogP contribution >= 0.6 is 15.9 Å². The Bertz CT molecular complexity index is 466. The molecule has 2 rings (SSSR count). The first-order valence-corrected chi connectivity index (χ1v) is 7.88. The standard InChI is InChI=1S/C15H22BrN3O/c1-11-6-7-19(12(8-11)9-17)10-15(20)18-14-5-3-2-4-13(14)16/h2-5,11-12H,6-10,17H2,1H3,(H,18,20). The highest BCUT2D eigenvalue weighted by atomic mass is 79.9. The number of nitrogens with two attached hydrogens (primary N) is 1. The quantitative estimate of drug-likeness (QED) is 0.885. The van der Waals surface area contributed by atoms with Crippen LogP contribution < -0.4 is 11.1 Å². The highest BCUT2D eigenvalue weighted by Gasteiger charge is 2.26. The van der Waals surface area contributed by atoms with Crippen LogP contribution in [0.25, 0.3) is 0 Å². The molecule has 0 aliphatic carbocycles. The number of hydrogen-bond acceptors (Lipinski definition) is 3. The summed E-state index contributed by atoms with van der Waals surface area (Å²) in [5.74, 6) is 0.719. The van der Waals surface area contributed by atoms with Gasteiger partial charge in [0.25, 0.3) is 0 Å². The predicted molar refractivity (Wildman–Crippen MR) is 85.6 cm³/mol. The summed E-state index contributed by atoms with van der Waals surface area (Å²) in [5.41, 5.74) is 6.64. The summed E-state index contributed by atoms with van der Waals surface area (Å²) in [6.45, 7) is 4.23. The van der Waals surface area contributed by atoms with Gasteiger partial charge >= 0.3 is 0 Å². The molecule has 0 aromatic heterocycles. The lowest BCUT2D eigenvalue weighted by Gasteiger charge is -2.37. The lowest BCUT2D eigenvalue weighted by molar-refractivity contribution is -0.118. The minimum absolute atomic E-state index is 0.0184. The number of benzene rings is 1. The van der Waals surface area contributed by atoms with Crippen molar-refractivity contribution in [2.24, 2.45) is 11.7 Å². The molecular weight excluding hydrogens is 318 g/mol. The van der Waals surface area contributed by atoms with Gasteiger partial charge in [-0.3, -0.25) is 9.69 Å². The van der Waals surface area contributed by atoms with E-state index in [0.29, 0.717) is 25.0 Å². The average molecular weight is 340 g/mol. The van der Waals surface area contributed by atoms with Gasteiger partial charge in [-0.15, -0.1) is 0 Å². The number of likely N-dealkylation sites (tertiary alicyclic amines) is 1. The summed E-state index contributed by atoms with van der Waals surface area (Å²) in [6.07, 6.45) is 2.22. The van der Waals surface area contributed by atoms with Gasteiger partial charge in [0.15, 0.2) is 0 Å². The van der Waals surface area contributed by atoms with Crippen LogP contribution in [-0.4, -0.2) is 36.5 Å². The van der Waals surface area contributed by atoms with Crippen molar-refractivity contribution < 1.29 is 4.79 Å². The van der Waals surface area contributed by atoms with E-state index in [1.54, 1.807) is 0 Å². The Morgan fingerprint density at radius 1 is 1.50 bits per heavy atom. The van der Waals surface area contributed by atoms with E-state index in [0.717, 1.165) is 29.5 Å². The van der Waals surface area contributed by atoms with Gasteiger partial charge in [0.1, 0.15) is 0 Å². The Kier molecular flexibility index (Phi) is 5.57. The monoisotopic (exact) mass is 339 g/mol. The molecule has 20 heavy (non-hydrogen) atoms. The number of anilines is 1. The van der Waals surface area contributed by atoms with Crippen molar-refractivity contribution in [3.63, 3.8) is 0 Å². The van der Waals surface area contributed by atoms with Gasteiger partial charge in [0, 0.05) is 17.1 Å².